The van der Waals surface area contributed by atoms with Crippen molar-refractivity contribution in [3.63, 3.8) is 0 Å². The number of carbonyl (C=O) groups is 1. The third-order valence-corrected chi connectivity index (χ3v) is 3.60. The van der Waals surface area contributed by atoms with E-state index in [-0.39, 0.29) is 12.0 Å². The lowest BCUT2D eigenvalue weighted by molar-refractivity contribution is -0.143. The van der Waals surface area contributed by atoms with E-state index in [2.05, 4.69) is 17.1 Å². The van der Waals surface area contributed by atoms with E-state index in [1.807, 2.05) is 0 Å². The van der Waals surface area contributed by atoms with Gasteiger partial charge in [0.25, 0.3) is 0 Å². The molecule has 0 radical (unpaired) electrons. The van der Waals surface area contributed by atoms with Crippen LogP contribution in [0.1, 0.15) is 45.4 Å². The molecular formula is C14H28N2O2. The third-order valence-electron chi connectivity index (χ3n) is 3.60. The summed E-state index contributed by atoms with van der Waals surface area (Å²) in [6.45, 7) is 6.48. The zero-order chi connectivity index (χ0) is 13.2. The molecule has 0 aromatic carbocycles. The predicted octanol–water partition coefficient (Wildman–Crippen LogP) is 1.79. The first-order valence-corrected chi connectivity index (χ1v) is 7.31. The molecule has 1 heterocycles. The van der Waals surface area contributed by atoms with Gasteiger partial charge in [-0.1, -0.05) is 26.2 Å². The number of esters is 1. The van der Waals surface area contributed by atoms with Crippen LogP contribution < -0.4 is 5.32 Å². The minimum Gasteiger partial charge on any atom is -0.468 e. The first-order valence-electron chi connectivity index (χ1n) is 7.31. The van der Waals surface area contributed by atoms with Gasteiger partial charge in [-0.2, -0.15) is 0 Å². The van der Waals surface area contributed by atoms with E-state index in [4.69, 9.17) is 4.74 Å². The van der Waals surface area contributed by atoms with Crippen LogP contribution in [-0.4, -0.2) is 50.2 Å². The van der Waals surface area contributed by atoms with E-state index in [1.165, 1.54) is 39.5 Å². The molecule has 1 atom stereocenters. The monoisotopic (exact) mass is 256 g/mol. The second kappa shape index (κ2) is 9.34. The largest absolute Gasteiger partial charge is 0.468 e. The van der Waals surface area contributed by atoms with Crippen molar-refractivity contribution in [2.75, 3.05) is 33.3 Å². The summed E-state index contributed by atoms with van der Waals surface area (Å²) in [5.41, 5.74) is 0. The highest BCUT2D eigenvalue weighted by atomic mass is 16.5. The molecule has 0 aliphatic carbocycles. The Morgan fingerprint density at radius 3 is 2.67 bits per heavy atom. The number of likely N-dealkylation sites (tertiary alicyclic amines) is 1. The highest BCUT2D eigenvalue weighted by molar-refractivity contribution is 5.75. The van der Waals surface area contributed by atoms with Gasteiger partial charge in [0.1, 0.15) is 6.04 Å². The van der Waals surface area contributed by atoms with Gasteiger partial charge in [0.05, 0.1) is 7.11 Å². The predicted molar refractivity (Wildman–Crippen MR) is 73.6 cm³/mol. The molecular weight excluding hydrogens is 228 g/mol. The first-order chi connectivity index (χ1) is 8.77. The Morgan fingerprint density at radius 2 is 2.06 bits per heavy atom. The van der Waals surface area contributed by atoms with Crippen molar-refractivity contribution in [1.82, 2.24) is 10.2 Å². The molecule has 0 saturated carbocycles. The molecule has 0 aromatic heterocycles. The summed E-state index contributed by atoms with van der Waals surface area (Å²) in [5, 5.41) is 3.34. The Labute approximate surface area is 111 Å². The molecule has 1 aliphatic heterocycles. The van der Waals surface area contributed by atoms with E-state index >= 15 is 0 Å². The van der Waals surface area contributed by atoms with Gasteiger partial charge in [-0.15, -0.1) is 0 Å². The van der Waals surface area contributed by atoms with E-state index in [0.717, 1.165) is 32.4 Å². The molecule has 1 rings (SSSR count). The van der Waals surface area contributed by atoms with Crippen molar-refractivity contribution in [2.45, 2.75) is 51.5 Å². The fraction of sp³-hybridized carbons (Fsp3) is 0.929. The van der Waals surface area contributed by atoms with Crippen molar-refractivity contribution < 1.29 is 9.53 Å². The van der Waals surface area contributed by atoms with Crippen molar-refractivity contribution in [3.8, 4) is 0 Å². The number of rotatable bonds is 8. The average Bonchev–Trinajstić information content (AvgIpc) is 2.43. The second-order valence-corrected chi connectivity index (χ2v) is 5.07. The summed E-state index contributed by atoms with van der Waals surface area (Å²) in [5.74, 6) is -0.123. The van der Waals surface area contributed by atoms with E-state index in [0.29, 0.717) is 0 Å². The van der Waals surface area contributed by atoms with Crippen LogP contribution in [0.4, 0.5) is 0 Å². The number of unbranched alkanes of at least 4 members (excludes halogenated alkanes) is 1. The standard InChI is InChI=1S/C14H28N2O2/c1-3-4-8-13(14(17)18-2)15-9-12-16-10-6-5-7-11-16/h13,15H,3-12H2,1-2H3. The van der Waals surface area contributed by atoms with Crippen LogP contribution >= 0.6 is 0 Å². The number of carbonyl (C=O) groups excluding carboxylic acids is 1. The maximum Gasteiger partial charge on any atom is 0.322 e. The highest BCUT2D eigenvalue weighted by Gasteiger charge is 2.18. The third kappa shape index (κ3) is 5.83. The lowest BCUT2D eigenvalue weighted by atomic mass is 10.1. The summed E-state index contributed by atoms with van der Waals surface area (Å²) in [4.78, 5) is 14.1. The van der Waals surface area contributed by atoms with Crippen LogP contribution in [0.5, 0.6) is 0 Å². The minimum atomic E-state index is -0.125. The molecule has 1 saturated heterocycles. The number of nitrogens with zero attached hydrogens (tertiary/aromatic N) is 1. The zero-order valence-electron chi connectivity index (χ0n) is 11.9. The van der Waals surface area contributed by atoms with Gasteiger partial charge in [0.15, 0.2) is 0 Å². The van der Waals surface area contributed by atoms with Crippen LogP contribution in [0.25, 0.3) is 0 Å². The fourth-order valence-electron chi connectivity index (χ4n) is 2.43. The molecule has 4 nitrogen and oxygen atoms in total. The molecule has 4 heteroatoms. The van der Waals surface area contributed by atoms with E-state index < -0.39 is 0 Å². The number of piperidine rings is 1. The summed E-state index contributed by atoms with van der Waals surface area (Å²) < 4.78 is 4.84. The smallest absolute Gasteiger partial charge is 0.322 e. The number of ether oxygens (including phenoxy) is 1. The molecule has 0 spiro atoms. The normalized spacial score (nSPS) is 18.6. The maximum atomic E-state index is 11.6. The fourth-order valence-corrected chi connectivity index (χ4v) is 2.43. The van der Waals surface area contributed by atoms with Gasteiger partial charge < -0.3 is 15.0 Å². The molecule has 106 valence electrons. The summed E-state index contributed by atoms with van der Waals surface area (Å²) in [7, 11) is 1.47. The van der Waals surface area contributed by atoms with Crippen molar-refractivity contribution >= 4 is 5.97 Å². The topological polar surface area (TPSA) is 41.6 Å². The lowest BCUT2D eigenvalue weighted by Crippen LogP contribution is -2.43. The molecule has 0 aromatic rings. The van der Waals surface area contributed by atoms with Gasteiger partial charge in [-0.05, 0) is 32.4 Å². The number of hydrogen-bond acceptors (Lipinski definition) is 4. The van der Waals surface area contributed by atoms with Crippen molar-refractivity contribution in [1.29, 1.82) is 0 Å². The number of hydrogen-bond donors (Lipinski definition) is 1. The Kier molecular flexibility index (Phi) is 8.01. The van der Waals surface area contributed by atoms with E-state index in [9.17, 15) is 4.79 Å². The van der Waals surface area contributed by atoms with Crippen LogP contribution in [0.15, 0.2) is 0 Å². The van der Waals surface area contributed by atoms with Crippen LogP contribution in [0, 0.1) is 0 Å². The minimum absolute atomic E-state index is 0.123. The highest BCUT2D eigenvalue weighted by Crippen LogP contribution is 2.08. The summed E-state index contributed by atoms with van der Waals surface area (Å²) in [6.07, 6.45) is 7.05. The quantitative estimate of drug-likeness (QED) is 0.672. The first kappa shape index (κ1) is 15.4. The van der Waals surface area contributed by atoms with Gasteiger partial charge >= 0.3 is 5.97 Å². The molecule has 1 unspecified atom stereocenters. The van der Waals surface area contributed by atoms with Crippen molar-refractivity contribution in [2.24, 2.45) is 0 Å². The van der Waals surface area contributed by atoms with Gasteiger partial charge in [0.2, 0.25) is 0 Å². The van der Waals surface area contributed by atoms with Crippen LogP contribution in [0.2, 0.25) is 0 Å². The van der Waals surface area contributed by atoms with Gasteiger partial charge in [0, 0.05) is 13.1 Å². The SMILES string of the molecule is CCCCC(NCCN1CCCCC1)C(=O)OC. The second-order valence-electron chi connectivity index (χ2n) is 5.07. The molecule has 0 amide bonds. The number of nitrogens with one attached hydrogen (secondary N) is 1. The van der Waals surface area contributed by atoms with Crippen molar-refractivity contribution in [3.05, 3.63) is 0 Å². The van der Waals surface area contributed by atoms with Crippen LogP contribution in [-0.2, 0) is 9.53 Å². The average molecular weight is 256 g/mol. The Bertz CT molecular complexity index is 228. The summed E-state index contributed by atoms with van der Waals surface area (Å²) >= 11 is 0. The Morgan fingerprint density at radius 1 is 1.33 bits per heavy atom. The van der Waals surface area contributed by atoms with Gasteiger partial charge in [-0.25, -0.2) is 0 Å². The molecule has 1 N–H and O–H groups in total. The lowest BCUT2D eigenvalue weighted by Gasteiger charge is -2.27. The molecule has 0 bridgehead atoms. The van der Waals surface area contributed by atoms with E-state index in [1.54, 1.807) is 0 Å². The molecule has 1 aliphatic rings. The van der Waals surface area contributed by atoms with Gasteiger partial charge in [-0.3, -0.25) is 4.79 Å². The van der Waals surface area contributed by atoms with Crippen LogP contribution in [0.3, 0.4) is 0 Å². The molecule has 18 heavy (non-hydrogen) atoms. The Balaban J connectivity index is 2.20. The zero-order valence-corrected chi connectivity index (χ0v) is 11.9. The Hall–Kier alpha value is -0.610. The number of methoxy groups -OCH3 is 1. The molecule has 1 fully saturated rings. The summed E-state index contributed by atoms with van der Waals surface area (Å²) in [6, 6.07) is -0.125. The maximum absolute atomic E-state index is 11.6.